The number of halogens is 1. The molecule has 0 radical (unpaired) electrons. The number of nitrogens with two attached hydrogens (primary N) is 1. The second-order valence-corrected chi connectivity index (χ2v) is 6.13. The second kappa shape index (κ2) is 7.00. The molecule has 7 nitrogen and oxygen atoms in total. The molecule has 1 aromatic carbocycles. The monoisotopic (exact) mass is 363 g/mol. The van der Waals surface area contributed by atoms with Crippen LogP contribution in [0.25, 0.3) is 16.9 Å². The van der Waals surface area contributed by atoms with Gasteiger partial charge >= 0.3 is 0 Å². The summed E-state index contributed by atoms with van der Waals surface area (Å²) in [7, 11) is 1.70. The molecule has 3 aromatic heterocycles. The van der Waals surface area contributed by atoms with Crippen molar-refractivity contribution in [3.05, 3.63) is 72.6 Å². The Balaban J connectivity index is 1.62. The number of benzene rings is 1. The van der Waals surface area contributed by atoms with E-state index in [0.29, 0.717) is 23.9 Å². The maximum absolute atomic E-state index is 13.2. The fourth-order valence-electron chi connectivity index (χ4n) is 2.78. The molecule has 0 aliphatic rings. The number of aromatic nitrogens is 4. The first kappa shape index (κ1) is 16.9. The smallest absolute Gasteiger partial charge is 0.185 e. The van der Waals surface area contributed by atoms with E-state index in [-0.39, 0.29) is 5.82 Å². The zero-order valence-electron chi connectivity index (χ0n) is 14.7. The van der Waals surface area contributed by atoms with Gasteiger partial charge in [0.1, 0.15) is 11.5 Å². The molecule has 0 atom stereocenters. The van der Waals surface area contributed by atoms with E-state index in [0.717, 1.165) is 16.8 Å². The van der Waals surface area contributed by atoms with Crippen LogP contribution in [-0.2, 0) is 6.54 Å². The van der Waals surface area contributed by atoms with Crippen molar-refractivity contribution >= 4 is 17.3 Å². The minimum atomic E-state index is -0.293. The van der Waals surface area contributed by atoms with Gasteiger partial charge in [-0.1, -0.05) is 6.07 Å². The van der Waals surface area contributed by atoms with Crippen LogP contribution in [0.3, 0.4) is 0 Å². The van der Waals surface area contributed by atoms with E-state index in [1.165, 1.54) is 17.1 Å². The van der Waals surface area contributed by atoms with Crippen molar-refractivity contribution in [1.82, 2.24) is 19.4 Å². The van der Waals surface area contributed by atoms with Crippen LogP contribution in [0, 0.1) is 5.82 Å². The minimum absolute atomic E-state index is 0.293. The topological polar surface area (TPSA) is 84.4 Å². The Bertz CT molecular complexity index is 1070. The Hall–Kier alpha value is -3.52. The number of fused-ring (bicyclic) bond motifs is 1. The summed E-state index contributed by atoms with van der Waals surface area (Å²) in [6.07, 6.45) is 7.27. The molecule has 0 spiro atoms. The number of anilines is 2. The van der Waals surface area contributed by atoms with E-state index in [9.17, 15) is 4.39 Å². The number of imidazole rings is 1. The van der Waals surface area contributed by atoms with Gasteiger partial charge in [-0.05, 0) is 35.9 Å². The lowest BCUT2D eigenvalue weighted by Crippen LogP contribution is -2.27. The van der Waals surface area contributed by atoms with Gasteiger partial charge in [0.25, 0.3) is 0 Å². The van der Waals surface area contributed by atoms with E-state index >= 15 is 0 Å². The SMILES string of the molecule is CN(N)c1ncc(-c2ccc(F)cc2)nc1NCc1ccc2nccn2c1. The molecule has 4 aromatic rings. The summed E-state index contributed by atoms with van der Waals surface area (Å²) in [6, 6.07) is 10.1. The highest BCUT2D eigenvalue weighted by Gasteiger charge is 2.11. The highest BCUT2D eigenvalue weighted by Crippen LogP contribution is 2.24. The Labute approximate surface area is 155 Å². The fourth-order valence-corrected chi connectivity index (χ4v) is 2.78. The van der Waals surface area contributed by atoms with Crippen LogP contribution in [0.2, 0.25) is 0 Å². The maximum Gasteiger partial charge on any atom is 0.185 e. The van der Waals surface area contributed by atoms with Crippen LogP contribution in [0.4, 0.5) is 16.0 Å². The molecule has 0 saturated carbocycles. The molecule has 27 heavy (non-hydrogen) atoms. The fraction of sp³-hybridized carbons (Fsp3) is 0.105. The van der Waals surface area contributed by atoms with E-state index in [1.807, 2.05) is 28.9 Å². The van der Waals surface area contributed by atoms with Gasteiger partial charge in [-0.15, -0.1) is 0 Å². The molecule has 0 aliphatic heterocycles. The molecule has 136 valence electrons. The number of pyridine rings is 1. The molecular formula is C19H18FN7. The van der Waals surface area contributed by atoms with Crippen molar-refractivity contribution in [3.8, 4) is 11.3 Å². The summed E-state index contributed by atoms with van der Waals surface area (Å²) in [5.41, 5.74) is 3.35. The van der Waals surface area contributed by atoms with Gasteiger partial charge in [0.05, 0.1) is 11.9 Å². The zero-order valence-corrected chi connectivity index (χ0v) is 14.7. The number of hydrogen-bond acceptors (Lipinski definition) is 6. The Morgan fingerprint density at radius 3 is 2.74 bits per heavy atom. The van der Waals surface area contributed by atoms with Gasteiger partial charge in [0.15, 0.2) is 11.6 Å². The van der Waals surface area contributed by atoms with Crippen molar-refractivity contribution in [1.29, 1.82) is 0 Å². The molecule has 0 saturated heterocycles. The summed E-state index contributed by atoms with van der Waals surface area (Å²) in [4.78, 5) is 13.3. The van der Waals surface area contributed by atoms with Gasteiger partial charge in [-0.2, -0.15) is 0 Å². The predicted molar refractivity (Wildman–Crippen MR) is 103 cm³/mol. The molecular weight excluding hydrogens is 345 g/mol. The lowest BCUT2D eigenvalue weighted by Gasteiger charge is -2.17. The molecule has 0 bridgehead atoms. The lowest BCUT2D eigenvalue weighted by atomic mass is 10.1. The third-order valence-electron chi connectivity index (χ3n) is 4.14. The first-order chi connectivity index (χ1) is 13.1. The number of rotatable bonds is 5. The third-order valence-corrected chi connectivity index (χ3v) is 4.14. The largest absolute Gasteiger partial charge is 0.363 e. The van der Waals surface area contributed by atoms with Crippen molar-refractivity contribution in [2.75, 3.05) is 17.4 Å². The number of hydrogen-bond donors (Lipinski definition) is 2. The van der Waals surface area contributed by atoms with Gasteiger partial charge in [0.2, 0.25) is 0 Å². The van der Waals surface area contributed by atoms with Crippen LogP contribution in [-0.4, -0.2) is 26.4 Å². The third kappa shape index (κ3) is 3.56. The Kier molecular flexibility index (Phi) is 4.39. The first-order valence-corrected chi connectivity index (χ1v) is 8.37. The zero-order chi connectivity index (χ0) is 18.8. The van der Waals surface area contributed by atoms with Crippen LogP contribution < -0.4 is 16.2 Å². The van der Waals surface area contributed by atoms with Gasteiger partial charge in [0, 0.05) is 37.7 Å². The molecule has 0 unspecified atom stereocenters. The van der Waals surface area contributed by atoms with E-state index in [4.69, 9.17) is 5.84 Å². The quantitative estimate of drug-likeness (QED) is 0.419. The predicted octanol–water partition coefficient (Wildman–Crippen LogP) is 2.85. The number of nitrogens with zero attached hydrogens (tertiary/aromatic N) is 5. The van der Waals surface area contributed by atoms with Crippen LogP contribution in [0.5, 0.6) is 0 Å². The van der Waals surface area contributed by atoms with Crippen LogP contribution in [0.1, 0.15) is 5.56 Å². The Morgan fingerprint density at radius 1 is 1.15 bits per heavy atom. The van der Waals surface area contributed by atoms with Crippen molar-refractivity contribution < 1.29 is 4.39 Å². The van der Waals surface area contributed by atoms with E-state index in [1.54, 1.807) is 31.6 Å². The first-order valence-electron chi connectivity index (χ1n) is 8.37. The highest BCUT2D eigenvalue weighted by atomic mass is 19.1. The van der Waals surface area contributed by atoms with E-state index in [2.05, 4.69) is 20.3 Å². The molecule has 3 heterocycles. The molecule has 0 amide bonds. The minimum Gasteiger partial charge on any atom is -0.363 e. The standard InChI is InChI=1S/C19H18FN7/c1-26(21)19-18(23-10-13-2-7-17-22-8-9-27(17)12-13)25-16(11-24-19)14-3-5-15(20)6-4-14/h2-9,11-12H,10,21H2,1H3,(H,23,25). The van der Waals surface area contributed by atoms with Crippen LogP contribution in [0.15, 0.2) is 61.2 Å². The lowest BCUT2D eigenvalue weighted by molar-refractivity contribution is 0.628. The van der Waals surface area contributed by atoms with Crippen LogP contribution >= 0.6 is 0 Å². The molecule has 0 fully saturated rings. The summed E-state index contributed by atoms with van der Waals surface area (Å²) in [5, 5.41) is 4.69. The van der Waals surface area contributed by atoms with E-state index < -0.39 is 0 Å². The molecule has 3 N–H and O–H groups in total. The average Bonchev–Trinajstić information content (AvgIpc) is 3.14. The number of hydrazine groups is 1. The highest BCUT2D eigenvalue weighted by molar-refractivity contribution is 5.67. The second-order valence-electron chi connectivity index (χ2n) is 6.13. The van der Waals surface area contributed by atoms with Gasteiger partial charge in [-0.3, -0.25) is 5.01 Å². The van der Waals surface area contributed by atoms with Crippen molar-refractivity contribution in [2.45, 2.75) is 6.54 Å². The van der Waals surface area contributed by atoms with Crippen molar-refractivity contribution in [3.63, 3.8) is 0 Å². The van der Waals surface area contributed by atoms with Crippen molar-refractivity contribution in [2.24, 2.45) is 5.84 Å². The summed E-state index contributed by atoms with van der Waals surface area (Å²) in [5.74, 6) is 6.65. The molecule has 4 rings (SSSR count). The average molecular weight is 363 g/mol. The summed E-state index contributed by atoms with van der Waals surface area (Å²) >= 11 is 0. The van der Waals surface area contributed by atoms with Gasteiger partial charge in [-0.25, -0.2) is 25.2 Å². The Morgan fingerprint density at radius 2 is 1.96 bits per heavy atom. The number of nitrogens with one attached hydrogen (secondary N) is 1. The normalized spacial score (nSPS) is 10.9. The molecule has 0 aliphatic carbocycles. The summed E-state index contributed by atoms with van der Waals surface area (Å²) in [6.45, 7) is 0.538. The summed E-state index contributed by atoms with van der Waals surface area (Å²) < 4.78 is 15.1. The van der Waals surface area contributed by atoms with Gasteiger partial charge < -0.3 is 9.72 Å². The molecule has 8 heteroatoms. The maximum atomic E-state index is 13.2.